The van der Waals surface area contributed by atoms with Gasteiger partial charge >= 0.3 is 0 Å². The lowest BCUT2D eigenvalue weighted by Crippen LogP contribution is -3.12. The summed E-state index contributed by atoms with van der Waals surface area (Å²) in [4.78, 5) is 13.9. The fraction of sp³-hybridized carbons (Fsp3) is 0.316. The Kier molecular flexibility index (Phi) is 5.79. The highest BCUT2D eigenvalue weighted by Crippen LogP contribution is 2.19. The van der Waals surface area contributed by atoms with Crippen LogP contribution in [-0.2, 0) is 10.0 Å². The first-order valence-electron chi connectivity index (χ1n) is 8.77. The molecule has 2 N–H and O–H groups in total. The molecule has 8 heteroatoms. The summed E-state index contributed by atoms with van der Waals surface area (Å²) in [5.41, 5.74) is 1.03. The number of likely N-dealkylation sites (N-methyl/N-ethyl adjacent to an activating group) is 1. The van der Waals surface area contributed by atoms with E-state index in [1.54, 1.807) is 31.4 Å². The summed E-state index contributed by atoms with van der Waals surface area (Å²) >= 11 is 0. The third-order valence-electron chi connectivity index (χ3n) is 4.68. The van der Waals surface area contributed by atoms with E-state index in [-0.39, 0.29) is 10.8 Å². The molecule has 0 aliphatic carbocycles. The number of rotatable bonds is 5. The van der Waals surface area contributed by atoms with Crippen LogP contribution in [0.4, 0.5) is 5.69 Å². The molecule has 1 aliphatic rings. The van der Waals surface area contributed by atoms with Gasteiger partial charge < -0.3 is 15.0 Å². The molecule has 2 aromatic rings. The number of hydrogen-bond acceptors (Lipinski definition) is 4. The largest absolute Gasteiger partial charge is 0.497 e. The van der Waals surface area contributed by atoms with Gasteiger partial charge in [0.15, 0.2) is 0 Å². The van der Waals surface area contributed by atoms with E-state index in [1.807, 2.05) is 0 Å². The number of hydrogen-bond donors (Lipinski definition) is 2. The van der Waals surface area contributed by atoms with Gasteiger partial charge in [0.05, 0.1) is 45.2 Å². The predicted molar refractivity (Wildman–Crippen MR) is 103 cm³/mol. The van der Waals surface area contributed by atoms with E-state index < -0.39 is 10.0 Å². The Morgan fingerprint density at radius 2 is 1.63 bits per heavy atom. The van der Waals surface area contributed by atoms with Crippen molar-refractivity contribution in [3.63, 3.8) is 0 Å². The molecule has 27 heavy (non-hydrogen) atoms. The SMILES string of the molecule is COc1ccc(NC(=O)c2ccc(S(=O)(=O)N3CC[NH+](C)CC3)cc2)cc1. The standard InChI is InChI=1S/C19H23N3O4S/c1-21-11-13-22(14-12-21)27(24,25)18-9-3-15(4-10-18)19(23)20-16-5-7-17(26-2)8-6-16/h3-10H,11-14H2,1-2H3,(H,20,23)/p+1. The topological polar surface area (TPSA) is 80.1 Å². The maximum atomic E-state index is 12.7. The van der Waals surface area contributed by atoms with Crippen LogP contribution in [0.3, 0.4) is 0 Å². The average molecular weight is 390 g/mol. The normalized spacial score (nSPS) is 16.1. The molecule has 3 rings (SSSR count). The van der Waals surface area contributed by atoms with Crippen LogP contribution in [0.5, 0.6) is 5.75 Å². The Morgan fingerprint density at radius 1 is 1.04 bits per heavy atom. The zero-order chi connectivity index (χ0) is 19.4. The summed E-state index contributed by atoms with van der Waals surface area (Å²) in [5, 5.41) is 2.78. The summed E-state index contributed by atoms with van der Waals surface area (Å²) < 4.78 is 32.1. The number of amides is 1. The lowest BCUT2D eigenvalue weighted by Gasteiger charge is -2.29. The number of carbonyl (C=O) groups excluding carboxylic acids is 1. The van der Waals surface area contributed by atoms with Crippen LogP contribution >= 0.6 is 0 Å². The molecule has 0 radical (unpaired) electrons. The molecule has 1 fully saturated rings. The summed E-state index contributed by atoms with van der Waals surface area (Å²) in [5.74, 6) is 0.403. The average Bonchev–Trinajstić information content (AvgIpc) is 2.69. The number of sulfonamides is 1. The summed E-state index contributed by atoms with van der Waals surface area (Å²) in [6.07, 6.45) is 0. The molecule has 0 unspecified atom stereocenters. The zero-order valence-electron chi connectivity index (χ0n) is 15.4. The number of nitrogens with zero attached hydrogens (tertiary/aromatic N) is 1. The minimum atomic E-state index is -3.52. The number of ether oxygens (including phenoxy) is 1. The number of piperazine rings is 1. The second-order valence-electron chi connectivity index (χ2n) is 6.57. The van der Waals surface area contributed by atoms with Crippen LogP contribution in [0.15, 0.2) is 53.4 Å². The van der Waals surface area contributed by atoms with Gasteiger partial charge in [-0.3, -0.25) is 4.79 Å². The van der Waals surface area contributed by atoms with Gasteiger partial charge in [0, 0.05) is 11.3 Å². The minimum absolute atomic E-state index is 0.211. The molecule has 0 spiro atoms. The highest BCUT2D eigenvalue weighted by atomic mass is 32.2. The number of anilines is 1. The highest BCUT2D eigenvalue weighted by molar-refractivity contribution is 7.89. The maximum Gasteiger partial charge on any atom is 0.255 e. The molecule has 1 amide bonds. The van der Waals surface area contributed by atoms with E-state index in [9.17, 15) is 13.2 Å². The second-order valence-corrected chi connectivity index (χ2v) is 8.51. The lowest BCUT2D eigenvalue weighted by molar-refractivity contribution is -0.883. The van der Waals surface area contributed by atoms with Gasteiger partial charge in [0.2, 0.25) is 10.0 Å². The van der Waals surface area contributed by atoms with Crippen molar-refractivity contribution >= 4 is 21.6 Å². The first-order chi connectivity index (χ1) is 12.9. The number of quaternary nitrogens is 1. The Labute approximate surface area is 159 Å². The number of benzene rings is 2. The van der Waals surface area contributed by atoms with E-state index in [0.717, 1.165) is 13.1 Å². The molecule has 7 nitrogen and oxygen atoms in total. The van der Waals surface area contributed by atoms with Crippen molar-refractivity contribution in [1.82, 2.24) is 4.31 Å². The lowest BCUT2D eigenvalue weighted by atomic mass is 10.2. The van der Waals surface area contributed by atoms with Gasteiger partial charge in [-0.05, 0) is 48.5 Å². The van der Waals surface area contributed by atoms with Crippen molar-refractivity contribution in [3.05, 3.63) is 54.1 Å². The Balaban J connectivity index is 1.69. The Hall–Kier alpha value is -2.42. The Bertz CT molecular complexity index is 888. The predicted octanol–water partition coefficient (Wildman–Crippen LogP) is 0.467. The van der Waals surface area contributed by atoms with E-state index in [1.165, 1.54) is 33.5 Å². The first kappa shape index (κ1) is 19.3. The third kappa shape index (κ3) is 4.47. The van der Waals surface area contributed by atoms with Crippen LogP contribution in [0.25, 0.3) is 0 Å². The van der Waals surface area contributed by atoms with Crippen LogP contribution in [0.2, 0.25) is 0 Å². The van der Waals surface area contributed by atoms with Crippen molar-refractivity contribution in [2.24, 2.45) is 0 Å². The van der Waals surface area contributed by atoms with Gasteiger partial charge in [-0.25, -0.2) is 8.42 Å². The molecule has 0 aromatic heterocycles. The maximum absolute atomic E-state index is 12.7. The molecule has 2 aromatic carbocycles. The smallest absolute Gasteiger partial charge is 0.255 e. The second kappa shape index (κ2) is 8.08. The molecule has 144 valence electrons. The molecule has 0 bridgehead atoms. The van der Waals surface area contributed by atoms with Gasteiger partial charge in [0.1, 0.15) is 5.75 Å². The van der Waals surface area contributed by atoms with Crippen molar-refractivity contribution in [2.45, 2.75) is 4.90 Å². The van der Waals surface area contributed by atoms with Crippen molar-refractivity contribution in [3.8, 4) is 5.75 Å². The fourth-order valence-electron chi connectivity index (χ4n) is 2.91. The van der Waals surface area contributed by atoms with Crippen LogP contribution < -0.4 is 15.0 Å². The number of methoxy groups -OCH3 is 1. The molecular weight excluding hydrogens is 366 g/mol. The molecule has 0 saturated carbocycles. The van der Waals surface area contributed by atoms with Crippen LogP contribution in [0.1, 0.15) is 10.4 Å². The molecule has 1 heterocycles. The quantitative estimate of drug-likeness (QED) is 0.778. The molecule has 1 aliphatic heterocycles. The zero-order valence-corrected chi connectivity index (χ0v) is 16.3. The van der Waals surface area contributed by atoms with Crippen molar-refractivity contribution in [1.29, 1.82) is 0 Å². The fourth-order valence-corrected chi connectivity index (χ4v) is 4.35. The summed E-state index contributed by atoms with van der Waals surface area (Å²) in [7, 11) is 0.112. The van der Waals surface area contributed by atoms with E-state index in [0.29, 0.717) is 30.1 Å². The van der Waals surface area contributed by atoms with E-state index >= 15 is 0 Å². The summed E-state index contributed by atoms with van der Waals surface area (Å²) in [6, 6.07) is 13.0. The molecule has 1 saturated heterocycles. The highest BCUT2D eigenvalue weighted by Gasteiger charge is 2.29. The number of carbonyl (C=O) groups is 1. The van der Waals surface area contributed by atoms with Crippen LogP contribution in [0, 0.1) is 0 Å². The van der Waals surface area contributed by atoms with E-state index in [2.05, 4.69) is 12.4 Å². The van der Waals surface area contributed by atoms with Gasteiger partial charge in [-0.15, -0.1) is 0 Å². The van der Waals surface area contributed by atoms with Gasteiger partial charge in [-0.1, -0.05) is 0 Å². The van der Waals surface area contributed by atoms with Crippen LogP contribution in [-0.4, -0.2) is 59.0 Å². The summed E-state index contributed by atoms with van der Waals surface area (Å²) in [6.45, 7) is 2.60. The van der Waals surface area contributed by atoms with Gasteiger partial charge in [-0.2, -0.15) is 4.31 Å². The third-order valence-corrected chi connectivity index (χ3v) is 6.59. The minimum Gasteiger partial charge on any atom is -0.497 e. The molecule has 0 atom stereocenters. The van der Waals surface area contributed by atoms with Crippen molar-refractivity contribution < 1.29 is 22.8 Å². The Morgan fingerprint density at radius 3 is 2.19 bits per heavy atom. The van der Waals surface area contributed by atoms with E-state index in [4.69, 9.17) is 4.74 Å². The number of nitrogens with one attached hydrogen (secondary N) is 2. The molecular formula is C19H24N3O4S+. The first-order valence-corrected chi connectivity index (χ1v) is 10.2. The monoisotopic (exact) mass is 390 g/mol. The van der Waals surface area contributed by atoms with Crippen molar-refractivity contribution in [2.75, 3.05) is 45.7 Å². The van der Waals surface area contributed by atoms with Gasteiger partial charge in [0.25, 0.3) is 5.91 Å².